The Labute approximate surface area is 93.8 Å². The van der Waals surface area contributed by atoms with Crippen molar-refractivity contribution in [3.63, 3.8) is 0 Å². The van der Waals surface area contributed by atoms with Gasteiger partial charge in [0.05, 0.1) is 6.04 Å². The summed E-state index contributed by atoms with van der Waals surface area (Å²) in [6.07, 6.45) is 3.80. The van der Waals surface area contributed by atoms with E-state index in [2.05, 4.69) is 5.32 Å². The first-order valence-corrected chi connectivity index (χ1v) is 6.23. The predicted octanol–water partition coefficient (Wildman–Crippen LogP) is 1.71. The Morgan fingerprint density at radius 2 is 1.93 bits per heavy atom. The van der Waals surface area contributed by atoms with Gasteiger partial charge in [0.2, 0.25) is 0 Å². The molecule has 0 bridgehead atoms. The largest absolute Gasteiger partial charge is 0.322 e. The van der Waals surface area contributed by atoms with E-state index < -0.39 is 0 Å². The summed E-state index contributed by atoms with van der Waals surface area (Å²) in [5, 5.41) is 3.31. The molecule has 0 radical (unpaired) electrons. The van der Waals surface area contributed by atoms with Crippen LogP contribution >= 0.6 is 0 Å². The van der Waals surface area contributed by atoms with Gasteiger partial charge in [0.25, 0.3) is 0 Å². The second-order valence-corrected chi connectivity index (χ2v) is 3.86. The van der Waals surface area contributed by atoms with Crippen LogP contribution in [0.3, 0.4) is 0 Å². The van der Waals surface area contributed by atoms with Crippen molar-refractivity contribution in [2.24, 2.45) is 11.7 Å². The molecule has 3 N–H and O–H groups in total. The summed E-state index contributed by atoms with van der Waals surface area (Å²) >= 11 is 0. The summed E-state index contributed by atoms with van der Waals surface area (Å²) in [5.74, 6) is 0.866. The van der Waals surface area contributed by atoms with Gasteiger partial charge in [-0.1, -0.05) is 20.8 Å². The number of nitrogens with two attached hydrogens (primary N) is 1. The number of hydrogen-bond acceptors (Lipinski definition) is 3. The number of piperidine rings is 1. The molecule has 0 aromatic heterocycles. The average molecular weight is 214 g/mol. The summed E-state index contributed by atoms with van der Waals surface area (Å²) in [7, 11) is 0. The van der Waals surface area contributed by atoms with Gasteiger partial charge in [-0.3, -0.25) is 4.79 Å². The zero-order valence-electron chi connectivity index (χ0n) is 10.4. The van der Waals surface area contributed by atoms with Crippen LogP contribution in [-0.2, 0) is 4.79 Å². The van der Waals surface area contributed by atoms with Gasteiger partial charge in [-0.25, -0.2) is 0 Å². The van der Waals surface area contributed by atoms with Crippen LogP contribution in [0.4, 0.5) is 0 Å². The fourth-order valence-corrected chi connectivity index (χ4v) is 1.87. The van der Waals surface area contributed by atoms with E-state index in [1.165, 1.54) is 12.8 Å². The summed E-state index contributed by atoms with van der Waals surface area (Å²) < 4.78 is 0. The van der Waals surface area contributed by atoms with Gasteiger partial charge in [-0.15, -0.1) is 0 Å². The maximum Gasteiger partial charge on any atom is 0.149 e. The van der Waals surface area contributed by atoms with E-state index in [4.69, 9.17) is 5.73 Å². The Balaban J connectivity index is 0.000000921. The van der Waals surface area contributed by atoms with Gasteiger partial charge < -0.3 is 11.1 Å². The van der Waals surface area contributed by atoms with E-state index in [1.54, 1.807) is 0 Å². The summed E-state index contributed by atoms with van der Waals surface area (Å²) in [6, 6.07) is -0.215. The van der Waals surface area contributed by atoms with Gasteiger partial charge in [-0.05, 0) is 38.3 Å². The minimum atomic E-state index is -0.215. The molecule has 0 aromatic rings. The molecule has 90 valence electrons. The number of nitrogens with one attached hydrogen (secondary N) is 1. The quantitative estimate of drug-likeness (QED) is 0.749. The van der Waals surface area contributed by atoms with Gasteiger partial charge >= 0.3 is 0 Å². The van der Waals surface area contributed by atoms with Crippen LogP contribution < -0.4 is 11.1 Å². The third kappa shape index (κ3) is 5.90. The van der Waals surface area contributed by atoms with E-state index in [-0.39, 0.29) is 11.8 Å². The number of Topliss-reactive ketones (excluding diaryl/α,β-unsaturated/α-hetero) is 1. The second-order valence-electron chi connectivity index (χ2n) is 3.86. The lowest BCUT2D eigenvalue weighted by molar-refractivity contribution is -0.120. The maximum atomic E-state index is 11.2. The zero-order chi connectivity index (χ0) is 11.7. The Kier molecular flexibility index (Phi) is 8.62. The molecule has 3 nitrogen and oxygen atoms in total. The molecular formula is C12H26N2O. The van der Waals surface area contributed by atoms with Crippen molar-refractivity contribution >= 4 is 5.78 Å². The van der Waals surface area contributed by atoms with Crippen molar-refractivity contribution in [1.29, 1.82) is 0 Å². The fraction of sp³-hybridized carbons (Fsp3) is 0.917. The lowest BCUT2D eigenvalue weighted by Gasteiger charge is -2.24. The van der Waals surface area contributed by atoms with Crippen molar-refractivity contribution in [1.82, 2.24) is 5.32 Å². The van der Waals surface area contributed by atoms with E-state index in [1.807, 2.05) is 20.8 Å². The Morgan fingerprint density at radius 3 is 2.40 bits per heavy atom. The number of ketones is 1. The van der Waals surface area contributed by atoms with Crippen LogP contribution in [0.15, 0.2) is 0 Å². The summed E-state index contributed by atoms with van der Waals surface area (Å²) in [4.78, 5) is 11.2. The third-order valence-electron chi connectivity index (χ3n) is 2.81. The topological polar surface area (TPSA) is 55.1 Å². The van der Waals surface area contributed by atoms with Crippen LogP contribution in [-0.4, -0.2) is 24.9 Å². The molecule has 1 saturated heterocycles. The number of carbonyl (C=O) groups excluding carboxylic acids is 1. The van der Waals surface area contributed by atoms with Crippen LogP contribution in [0.1, 0.15) is 46.5 Å². The summed E-state index contributed by atoms with van der Waals surface area (Å²) in [5.41, 5.74) is 5.79. The van der Waals surface area contributed by atoms with E-state index >= 15 is 0 Å². The first-order chi connectivity index (χ1) is 7.24. The first-order valence-electron chi connectivity index (χ1n) is 6.23. The molecule has 15 heavy (non-hydrogen) atoms. The van der Waals surface area contributed by atoms with Crippen LogP contribution in [0.5, 0.6) is 0 Å². The third-order valence-corrected chi connectivity index (χ3v) is 2.81. The van der Waals surface area contributed by atoms with Gasteiger partial charge in [0, 0.05) is 6.42 Å². The van der Waals surface area contributed by atoms with E-state index in [9.17, 15) is 4.79 Å². The number of carbonyl (C=O) groups is 1. The van der Waals surface area contributed by atoms with Crippen molar-refractivity contribution in [2.75, 3.05) is 13.1 Å². The first kappa shape index (κ1) is 14.6. The normalized spacial score (nSPS) is 18.9. The monoisotopic (exact) mass is 214 g/mol. The van der Waals surface area contributed by atoms with Crippen LogP contribution in [0, 0.1) is 5.92 Å². The highest BCUT2D eigenvalue weighted by atomic mass is 16.1. The number of rotatable bonds is 4. The highest BCUT2D eigenvalue weighted by Gasteiger charge is 2.19. The molecule has 3 heteroatoms. The zero-order valence-corrected chi connectivity index (χ0v) is 10.4. The molecule has 0 amide bonds. The standard InChI is InChI=1S/C10H20N2O.C2H6/c1-2-10(13)9(11)7-8-3-5-12-6-4-8;1-2/h8-9,12H,2-7,11H2,1H3;1-2H3. The Hall–Kier alpha value is -0.410. The van der Waals surface area contributed by atoms with E-state index in [0.717, 1.165) is 19.5 Å². The van der Waals surface area contributed by atoms with Crippen molar-refractivity contribution in [3.05, 3.63) is 0 Å². The minimum absolute atomic E-state index is 0.207. The smallest absolute Gasteiger partial charge is 0.149 e. The average Bonchev–Trinajstić information content (AvgIpc) is 2.32. The molecule has 0 spiro atoms. The van der Waals surface area contributed by atoms with E-state index in [0.29, 0.717) is 12.3 Å². The molecule has 0 aromatic carbocycles. The molecule has 1 aliphatic rings. The highest BCUT2D eigenvalue weighted by Crippen LogP contribution is 2.17. The lowest BCUT2D eigenvalue weighted by Crippen LogP contribution is -2.36. The highest BCUT2D eigenvalue weighted by molar-refractivity contribution is 5.83. The SMILES string of the molecule is CC.CCC(=O)C(N)CC1CCNCC1. The molecule has 1 fully saturated rings. The van der Waals surface area contributed by atoms with Gasteiger partial charge in [-0.2, -0.15) is 0 Å². The Bertz CT molecular complexity index is 165. The fourth-order valence-electron chi connectivity index (χ4n) is 1.87. The van der Waals surface area contributed by atoms with Crippen molar-refractivity contribution in [2.45, 2.75) is 52.5 Å². The molecule has 1 unspecified atom stereocenters. The molecule has 0 saturated carbocycles. The van der Waals surface area contributed by atoms with Crippen molar-refractivity contribution < 1.29 is 4.79 Å². The molecule has 1 atom stereocenters. The van der Waals surface area contributed by atoms with Crippen LogP contribution in [0.25, 0.3) is 0 Å². The summed E-state index contributed by atoms with van der Waals surface area (Å²) in [6.45, 7) is 8.04. The lowest BCUT2D eigenvalue weighted by atomic mass is 9.89. The van der Waals surface area contributed by atoms with Crippen LogP contribution in [0.2, 0.25) is 0 Å². The minimum Gasteiger partial charge on any atom is -0.322 e. The number of hydrogen-bond donors (Lipinski definition) is 2. The van der Waals surface area contributed by atoms with Gasteiger partial charge in [0.15, 0.2) is 0 Å². The van der Waals surface area contributed by atoms with Gasteiger partial charge in [0.1, 0.15) is 5.78 Å². The second kappa shape index (κ2) is 8.86. The molecular weight excluding hydrogens is 188 g/mol. The van der Waals surface area contributed by atoms with Crippen molar-refractivity contribution in [3.8, 4) is 0 Å². The maximum absolute atomic E-state index is 11.2. The predicted molar refractivity (Wildman–Crippen MR) is 64.8 cm³/mol. The molecule has 0 aliphatic carbocycles. The Morgan fingerprint density at radius 1 is 1.40 bits per heavy atom. The molecule has 1 rings (SSSR count). The molecule has 1 heterocycles. The molecule has 1 aliphatic heterocycles.